The molecular formula is C24H16BrN3O5S. The van der Waals surface area contributed by atoms with Gasteiger partial charge in [-0.05, 0) is 69.5 Å². The van der Waals surface area contributed by atoms with Gasteiger partial charge in [-0.15, -0.1) is 0 Å². The van der Waals surface area contributed by atoms with Crippen LogP contribution in [0.4, 0.5) is 5.69 Å². The maximum atomic E-state index is 13.0. The van der Waals surface area contributed by atoms with Crippen LogP contribution in [0.2, 0.25) is 0 Å². The third kappa shape index (κ3) is 4.02. The van der Waals surface area contributed by atoms with Crippen LogP contribution in [0.5, 0.6) is 11.5 Å². The molecule has 0 aliphatic heterocycles. The summed E-state index contributed by atoms with van der Waals surface area (Å²) < 4.78 is 14.3. The van der Waals surface area contributed by atoms with Gasteiger partial charge in [0.1, 0.15) is 6.61 Å². The second-order valence-electron chi connectivity index (χ2n) is 7.38. The number of nitro groups is 1. The van der Waals surface area contributed by atoms with E-state index in [9.17, 15) is 14.9 Å². The largest absolute Gasteiger partial charge is 0.493 e. The summed E-state index contributed by atoms with van der Waals surface area (Å²) in [6.07, 6.45) is 1.80. The maximum absolute atomic E-state index is 13.0. The monoisotopic (exact) mass is 537 g/mol. The maximum Gasteiger partial charge on any atom is 0.274 e. The van der Waals surface area contributed by atoms with Gasteiger partial charge < -0.3 is 9.47 Å². The summed E-state index contributed by atoms with van der Waals surface area (Å²) in [4.78, 5) is 28.6. The summed E-state index contributed by atoms with van der Waals surface area (Å²) >= 11 is 4.86. The molecule has 2 aromatic heterocycles. The fourth-order valence-electron chi connectivity index (χ4n) is 3.60. The number of aromatic nitrogens is 2. The molecule has 0 radical (unpaired) electrons. The van der Waals surface area contributed by atoms with E-state index in [4.69, 9.17) is 9.47 Å². The summed E-state index contributed by atoms with van der Waals surface area (Å²) in [5.41, 5.74) is 3.01. The minimum absolute atomic E-state index is 0.0224. The Labute approximate surface area is 205 Å². The van der Waals surface area contributed by atoms with Crippen LogP contribution in [-0.2, 0) is 6.61 Å². The van der Waals surface area contributed by atoms with Crippen molar-refractivity contribution in [1.29, 1.82) is 0 Å². The average molecular weight is 538 g/mol. The summed E-state index contributed by atoms with van der Waals surface area (Å²) in [6, 6.07) is 17.3. The predicted octanol–water partition coefficient (Wildman–Crippen LogP) is 4.72. The smallest absolute Gasteiger partial charge is 0.274 e. The van der Waals surface area contributed by atoms with Crippen molar-refractivity contribution in [2.24, 2.45) is 0 Å². The van der Waals surface area contributed by atoms with E-state index in [2.05, 4.69) is 20.9 Å². The number of nitro benzene ring substituents is 1. The molecule has 0 bridgehead atoms. The Morgan fingerprint density at radius 1 is 1.18 bits per heavy atom. The van der Waals surface area contributed by atoms with Crippen LogP contribution in [0, 0.1) is 10.1 Å². The highest BCUT2D eigenvalue weighted by molar-refractivity contribution is 9.10. The van der Waals surface area contributed by atoms with Crippen molar-refractivity contribution in [3.63, 3.8) is 0 Å². The SMILES string of the molecule is COc1cc(/C=c2\sc3nc4ccccc4n3c2=O)cc(Br)c1OCc1ccc([N+](=O)[O-])cc1. The molecule has 0 spiro atoms. The van der Waals surface area contributed by atoms with Crippen molar-refractivity contribution >= 4 is 55.0 Å². The summed E-state index contributed by atoms with van der Waals surface area (Å²) in [5, 5.41) is 10.8. The van der Waals surface area contributed by atoms with Crippen molar-refractivity contribution in [3.8, 4) is 11.5 Å². The highest BCUT2D eigenvalue weighted by atomic mass is 79.9. The topological polar surface area (TPSA) is 96.0 Å². The molecular weight excluding hydrogens is 522 g/mol. The van der Waals surface area contributed by atoms with Crippen LogP contribution in [0.15, 0.2) is 69.9 Å². The van der Waals surface area contributed by atoms with Crippen LogP contribution in [0.3, 0.4) is 0 Å². The first-order chi connectivity index (χ1) is 16.4. The van der Waals surface area contributed by atoms with E-state index in [1.807, 2.05) is 30.3 Å². The van der Waals surface area contributed by atoms with E-state index in [-0.39, 0.29) is 17.9 Å². The number of hydrogen-bond donors (Lipinski definition) is 0. The van der Waals surface area contributed by atoms with Gasteiger partial charge in [0.15, 0.2) is 16.5 Å². The quantitative estimate of drug-likeness (QED) is 0.230. The molecule has 0 fully saturated rings. The van der Waals surface area contributed by atoms with E-state index >= 15 is 0 Å². The lowest BCUT2D eigenvalue weighted by Gasteiger charge is -2.13. The number of halogens is 1. The zero-order valence-corrected chi connectivity index (χ0v) is 20.1. The van der Waals surface area contributed by atoms with Crippen LogP contribution in [0.1, 0.15) is 11.1 Å². The number of benzene rings is 3. The molecule has 0 amide bonds. The van der Waals surface area contributed by atoms with Gasteiger partial charge in [0.05, 0.1) is 32.1 Å². The number of imidazole rings is 1. The van der Waals surface area contributed by atoms with Crippen LogP contribution >= 0.6 is 27.3 Å². The summed E-state index contributed by atoms with van der Waals surface area (Å²) in [7, 11) is 1.54. The Kier molecular flexibility index (Phi) is 5.76. The molecule has 5 aromatic rings. The Hall–Kier alpha value is -3.76. The van der Waals surface area contributed by atoms with Gasteiger partial charge in [0, 0.05) is 12.1 Å². The van der Waals surface area contributed by atoms with Gasteiger partial charge in [-0.3, -0.25) is 14.9 Å². The highest BCUT2D eigenvalue weighted by Crippen LogP contribution is 2.37. The van der Waals surface area contributed by atoms with Crippen molar-refractivity contribution in [1.82, 2.24) is 9.38 Å². The van der Waals surface area contributed by atoms with Crippen molar-refractivity contribution in [2.75, 3.05) is 7.11 Å². The Morgan fingerprint density at radius 2 is 1.94 bits per heavy atom. The average Bonchev–Trinajstić information content (AvgIpc) is 3.34. The Morgan fingerprint density at radius 3 is 2.68 bits per heavy atom. The van der Waals surface area contributed by atoms with Gasteiger partial charge in [-0.2, -0.15) is 0 Å². The molecule has 5 rings (SSSR count). The molecule has 3 aromatic carbocycles. The van der Waals surface area contributed by atoms with E-state index in [1.54, 1.807) is 28.7 Å². The lowest BCUT2D eigenvalue weighted by Crippen LogP contribution is -2.22. The number of nitrogens with zero attached hydrogens (tertiary/aromatic N) is 3. The molecule has 0 N–H and O–H groups in total. The third-order valence-electron chi connectivity index (χ3n) is 5.23. The molecule has 34 heavy (non-hydrogen) atoms. The number of fused-ring (bicyclic) bond motifs is 3. The lowest BCUT2D eigenvalue weighted by molar-refractivity contribution is -0.384. The van der Waals surface area contributed by atoms with Crippen molar-refractivity contribution in [2.45, 2.75) is 6.61 Å². The van der Waals surface area contributed by atoms with E-state index in [0.29, 0.717) is 25.5 Å². The molecule has 170 valence electrons. The molecule has 10 heteroatoms. The van der Waals surface area contributed by atoms with Crippen LogP contribution in [0.25, 0.3) is 22.1 Å². The van der Waals surface area contributed by atoms with Crippen molar-refractivity contribution in [3.05, 3.63) is 101 Å². The zero-order valence-electron chi connectivity index (χ0n) is 17.7. The normalized spacial score (nSPS) is 11.9. The standard InChI is InChI=1S/C24H16BrN3O5S/c1-32-20-11-15(10-17(25)22(20)33-13-14-6-8-16(9-7-14)28(30)31)12-21-23(29)27-19-5-3-2-4-18(19)26-24(27)34-21/h2-12H,13H2,1H3/b21-12-. The third-order valence-corrected chi connectivity index (χ3v) is 6.78. The minimum Gasteiger partial charge on any atom is -0.493 e. The molecule has 0 saturated heterocycles. The van der Waals surface area contributed by atoms with Gasteiger partial charge in [-0.1, -0.05) is 23.5 Å². The molecule has 2 heterocycles. The first-order valence-electron chi connectivity index (χ1n) is 10.1. The lowest BCUT2D eigenvalue weighted by atomic mass is 10.2. The van der Waals surface area contributed by atoms with E-state index in [0.717, 1.165) is 22.2 Å². The van der Waals surface area contributed by atoms with Gasteiger partial charge in [0.25, 0.3) is 11.2 Å². The van der Waals surface area contributed by atoms with E-state index in [1.165, 1.54) is 30.6 Å². The van der Waals surface area contributed by atoms with E-state index < -0.39 is 4.92 Å². The van der Waals surface area contributed by atoms with Gasteiger partial charge >= 0.3 is 0 Å². The molecule has 0 aliphatic rings. The van der Waals surface area contributed by atoms with Crippen molar-refractivity contribution < 1.29 is 14.4 Å². The first-order valence-corrected chi connectivity index (χ1v) is 11.7. The number of para-hydroxylation sites is 2. The first kappa shape index (κ1) is 22.1. The number of thiazole rings is 1. The minimum atomic E-state index is -0.444. The number of ether oxygens (including phenoxy) is 2. The molecule has 0 atom stereocenters. The van der Waals surface area contributed by atoms with Crippen LogP contribution < -0.4 is 19.6 Å². The highest BCUT2D eigenvalue weighted by Gasteiger charge is 2.14. The fraction of sp³-hybridized carbons (Fsp3) is 0.0833. The summed E-state index contributed by atoms with van der Waals surface area (Å²) in [5.74, 6) is 0.981. The number of hydrogen-bond acceptors (Lipinski definition) is 7. The molecule has 0 saturated carbocycles. The number of methoxy groups -OCH3 is 1. The van der Waals surface area contributed by atoms with Gasteiger partial charge in [0.2, 0.25) is 0 Å². The second-order valence-corrected chi connectivity index (χ2v) is 9.24. The fourth-order valence-corrected chi connectivity index (χ4v) is 5.16. The zero-order chi connectivity index (χ0) is 23.8. The second kappa shape index (κ2) is 8.88. The predicted molar refractivity (Wildman–Crippen MR) is 134 cm³/mol. The molecule has 0 aliphatic carbocycles. The number of non-ortho nitro benzene ring substituents is 1. The van der Waals surface area contributed by atoms with Crippen LogP contribution in [-0.4, -0.2) is 21.4 Å². The molecule has 8 nitrogen and oxygen atoms in total. The van der Waals surface area contributed by atoms with Gasteiger partial charge in [-0.25, -0.2) is 9.38 Å². The molecule has 0 unspecified atom stereocenters. The Balaban J connectivity index is 1.46. The Bertz CT molecular complexity index is 1660. The number of rotatable bonds is 6. The summed E-state index contributed by atoms with van der Waals surface area (Å²) in [6.45, 7) is 0.204.